The first-order valence-electron chi connectivity index (χ1n) is 7.31. The third-order valence-electron chi connectivity index (χ3n) is 4.41. The Kier molecular flexibility index (Phi) is 6.58. The maximum Gasteiger partial charge on any atom is 0.144 e. The molecule has 2 atom stereocenters. The third kappa shape index (κ3) is 4.99. The van der Waals surface area contributed by atoms with E-state index in [0.717, 1.165) is 25.9 Å². The van der Waals surface area contributed by atoms with E-state index < -0.39 is 0 Å². The zero-order chi connectivity index (χ0) is 14.3. The van der Waals surface area contributed by atoms with Crippen molar-refractivity contribution in [1.29, 1.82) is 0 Å². The molecule has 1 saturated carbocycles. The van der Waals surface area contributed by atoms with Gasteiger partial charge in [0.2, 0.25) is 0 Å². The van der Waals surface area contributed by atoms with Crippen LogP contribution in [0.3, 0.4) is 0 Å². The predicted molar refractivity (Wildman–Crippen MR) is 77.2 cm³/mol. The van der Waals surface area contributed by atoms with Gasteiger partial charge in [-0.3, -0.25) is 0 Å². The summed E-state index contributed by atoms with van der Waals surface area (Å²) in [6, 6.07) is 0. The van der Waals surface area contributed by atoms with Crippen LogP contribution in [0.4, 0.5) is 0 Å². The van der Waals surface area contributed by atoms with Crippen LogP contribution >= 0.6 is 0 Å². The topological polar surface area (TPSA) is 90.9 Å². The number of aliphatic hydroxyl groups is 1. The molecule has 0 aromatic carbocycles. The monoisotopic (exact) mass is 271 g/mol. The first kappa shape index (κ1) is 16.2. The normalized spacial score (nSPS) is 24.9. The van der Waals surface area contributed by atoms with Crippen molar-refractivity contribution in [2.45, 2.75) is 46.0 Å². The Bertz CT molecular complexity index is 292. The molecule has 1 aliphatic carbocycles. The quantitative estimate of drug-likeness (QED) is 0.177. The summed E-state index contributed by atoms with van der Waals surface area (Å²) >= 11 is 0. The molecule has 2 unspecified atom stereocenters. The van der Waals surface area contributed by atoms with Gasteiger partial charge in [0, 0.05) is 12.0 Å². The molecule has 0 radical (unpaired) electrons. The van der Waals surface area contributed by atoms with E-state index in [9.17, 15) is 5.11 Å². The smallest absolute Gasteiger partial charge is 0.144 e. The highest BCUT2D eigenvalue weighted by molar-refractivity contribution is 5.85. The van der Waals surface area contributed by atoms with Crippen molar-refractivity contribution in [3.8, 4) is 0 Å². The third-order valence-corrected chi connectivity index (χ3v) is 4.41. The second-order valence-electron chi connectivity index (χ2n) is 6.31. The summed E-state index contributed by atoms with van der Waals surface area (Å²) in [5, 5.41) is 24.5. The Labute approximate surface area is 116 Å². The molecule has 5 N–H and O–H groups in total. The number of aliphatic hydroxyl groups excluding tert-OH is 1. The van der Waals surface area contributed by atoms with Gasteiger partial charge in [-0.2, -0.15) is 0 Å². The number of nitrogens with one attached hydrogen (secondary N) is 1. The molecule has 1 rings (SSSR count). The van der Waals surface area contributed by atoms with Crippen LogP contribution in [-0.2, 0) is 0 Å². The molecule has 0 bridgehead atoms. The summed E-state index contributed by atoms with van der Waals surface area (Å²) in [5.74, 6) is 1.41. The van der Waals surface area contributed by atoms with Crippen molar-refractivity contribution in [2.24, 2.45) is 28.1 Å². The summed E-state index contributed by atoms with van der Waals surface area (Å²) < 4.78 is 0. The fourth-order valence-corrected chi connectivity index (χ4v) is 2.83. The van der Waals surface area contributed by atoms with E-state index in [1.54, 1.807) is 0 Å². The number of nitrogens with two attached hydrogens (primary N) is 1. The number of rotatable bonds is 8. The minimum atomic E-state index is -0.253. The van der Waals surface area contributed by atoms with Gasteiger partial charge in [-0.1, -0.05) is 25.4 Å². The van der Waals surface area contributed by atoms with Gasteiger partial charge in [-0.25, -0.2) is 0 Å². The van der Waals surface area contributed by atoms with Gasteiger partial charge >= 0.3 is 0 Å². The second kappa shape index (κ2) is 7.70. The van der Waals surface area contributed by atoms with Crippen molar-refractivity contribution >= 4 is 5.84 Å². The predicted octanol–water partition coefficient (Wildman–Crippen LogP) is 1.54. The van der Waals surface area contributed by atoms with Crippen LogP contribution in [0.2, 0.25) is 0 Å². The molecule has 5 nitrogen and oxygen atoms in total. The van der Waals surface area contributed by atoms with Crippen LogP contribution in [0.5, 0.6) is 0 Å². The standard InChI is InChI=1S/C14H29N3O2/c1-14(2,13(15)17-19)7-4-8-16-9-11-5-3-6-12(11)10-18/h11-12,16,18-19H,3-10H2,1-2H3,(H2,15,17). The van der Waals surface area contributed by atoms with Crippen molar-refractivity contribution in [3.63, 3.8) is 0 Å². The summed E-state index contributed by atoms with van der Waals surface area (Å²) in [5.41, 5.74) is 5.40. The van der Waals surface area contributed by atoms with E-state index >= 15 is 0 Å². The molecule has 1 aliphatic rings. The summed E-state index contributed by atoms with van der Waals surface area (Å²) in [6.45, 7) is 6.23. The highest BCUT2D eigenvalue weighted by atomic mass is 16.4. The number of oxime groups is 1. The largest absolute Gasteiger partial charge is 0.409 e. The van der Waals surface area contributed by atoms with Gasteiger partial charge in [0.15, 0.2) is 0 Å². The van der Waals surface area contributed by atoms with E-state index in [4.69, 9.17) is 10.9 Å². The second-order valence-corrected chi connectivity index (χ2v) is 6.31. The molecule has 0 aromatic rings. The van der Waals surface area contributed by atoms with Gasteiger partial charge in [0.05, 0.1) is 0 Å². The maximum absolute atomic E-state index is 9.26. The Morgan fingerprint density at radius 2 is 2.05 bits per heavy atom. The fraction of sp³-hybridized carbons (Fsp3) is 0.929. The SMILES string of the molecule is CC(C)(CCCNCC1CCCC1CO)C(N)=NO. The van der Waals surface area contributed by atoms with Gasteiger partial charge in [-0.15, -0.1) is 0 Å². The van der Waals surface area contributed by atoms with E-state index in [0.29, 0.717) is 24.3 Å². The first-order chi connectivity index (χ1) is 9.01. The van der Waals surface area contributed by atoms with Crippen LogP contribution in [0, 0.1) is 17.3 Å². The molecule has 0 aliphatic heterocycles. The molecular formula is C14H29N3O2. The first-order valence-corrected chi connectivity index (χ1v) is 7.31. The van der Waals surface area contributed by atoms with Gasteiger partial charge in [0.25, 0.3) is 0 Å². The Hall–Kier alpha value is -0.810. The average Bonchev–Trinajstić information content (AvgIpc) is 2.84. The van der Waals surface area contributed by atoms with Crippen molar-refractivity contribution in [3.05, 3.63) is 0 Å². The minimum absolute atomic E-state index is 0.253. The molecule has 5 heteroatoms. The van der Waals surface area contributed by atoms with E-state index in [2.05, 4.69) is 10.5 Å². The van der Waals surface area contributed by atoms with E-state index in [1.165, 1.54) is 19.3 Å². The Balaban J connectivity index is 2.14. The average molecular weight is 271 g/mol. The molecule has 0 amide bonds. The van der Waals surface area contributed by atoms with Gasteiger partial charge in [0.1, 0.15) is 5.84 Å². The number of nitrogens with zero attached hydrogens (tertiary/aromatic N) is 1. The molecule has 0 heterocycles. The van der Waals surface area contributed by atoms with Crippen LogP contribution in [0.15, 0.2) is 5.16 Å². The minimum Gasteiger partial charge on any atom is -0.409 e. The molecule has 0 aromatic heterocycles. The Morgan fingerprint density at radius 1 is 1.37 bits per heavy atom. The maximum atomic E-state index is 9.26. The van der Waals surface area contributed by atoms with Crippen LogP contribution in [0.1, 0.15) is 46.0 Å². The zero-order valence-corrected chi connectivity index (χ0v) is 12.2. The fourth-order valence-electron chi connectivity index (χ4n) is 2.83. The lowest BCUT2D eigenvalue weighted by atomic mass is 9.86. The van der Waals surface area contributed by atoms with Crippen LogP contribution in [0.25, 0.3) is 0 Å². The van der Waals surface area contributed by atoms with Crippen molar-refractivity contribution in [2.75, 3.05) is 19.7 Å². The van der Waals surface area contributed by atoms with Crippen molar-refractivity contribution in [1.82, 2.24) is 5.32 Å². The molecule has 1 fully saturated rings. The zero-order valence-electron chi connectivity index (χ0n) is 12.2. The van der Waals surface area contributed by atoms with E-state index in [-0.39, 0.29) is 5.41 Å². The highest BCUT2D eigenvalue weighted by Crippen LogP contribution is 2.30. The lowest BCUT2D eigenvalue weighted by molar-refractivity contribution is 0.192. The number of amidine groups is 1. The van der Waals surface area contributed by atoms with Gasteiger partial charge in [-0.05, 0) is 50.6 Å². The summed E-state index contributed by atoms with van der Waals surface area (Å²) in [4.78, 5) is 0. The van der Waals surface area contributed by atoms with Crippen LogP contribution in [-0.4, -0.2) is 35.8 Å². The molecule has 112 valence electrons. The Morgan fingerprint density at radius 3 is 2.68 bits per heavy atom. The highest BCUT2D eigenvalue weighted by Gasteiger charge is 2.26. The van der Waals surface area contributed by atoms with Crippen molar-refractivity contribution < 1.29 is 10.3 Å². The van der Waals surface area contributed by atoms with E-state index in [1.807, 2.05) is 13.8 Å². The van der Waals surface area contributed by atoms with Crippen LogP contribution < -0.4 is 11.1 Å². The molecule has 0 saturated heterocycles. The molecule has 19 heavy (non-hydrogen) atoms. The lowest BCUT2D eigenvalue weighted by Gasteiger charge is -2.23. The molecular weight excluding hydrogens is 242 g/mol. The number of hydrogen-bond acceptors (Lipinski definition) is 4. The molecule has 0 spiro atoms. The van der Waals surface area contributed by atoms with Gasteiger partial charge < -0.3 is 21.4 Å². The summed E-state index contributed by atoms with van der Waals surface area (Å²) in [7, 11) is 0. The number of hydrogen-bond donors (Lipinski definition) is 4. The lowest BCUT2D eigenvalue weighted by Crippen LogP contribution is -2.33. The summed E-state index contributed by atoms with van der Waals surface area (Å²) in [6.07, 6.45) is 5.53.